The fourth-order valence-corrected chi connectivity index (χ4v) is 4.36. The van der Waals surface area contributed by atoms with Gasteiger partial charge in [-0.05, 0) is 31.7 Å². The van der Waals surface area contributed by atoms with Crippen LogP contribution < -0.4 is 0 Å². The van der Waals surface area contributed by atoms with Gasteiger partial charge in [-0.25, -0.2) is 0 Å². The number of aromatic amines is 1. The highest BCUT2D eigenvalue weighted by atomic mass is 16.5. The molecule has 3 fully saturated rings. The SMILES string of the molecule is COC(=O)C12CCC(C(=O)c3c[nH]c4ccccc34)(C1)C2. The van der Waals surface area contributed by atoms with Gasteiger partial charge in [0.2, 0.25) is 0 Å². The van der Waals surface area contributed by atoms with Crippen LogP contribution in [0, 0.1) is 10.8 Å². The van der Waals surface area contributed by atoms with Gasteiger partial charge >= 0.3 is 5.97 Å². The lowest BCUT2D eigenvalue weighted by atomic mass is 9.57. The molecule has 3 aliphatic carbocycles. The van der Waals surface area contributed by atoms with Gasteiger partial charge in [0.1, 0.15) is 0 Å². The number of aromatic nitrogens is 1. The highest BCUT2D eigenvalue weighted by Crippen LogP contribution is 2.68. The molecule has 4 heteroatoms. The Bertz CT molecular complexity index is 752. The number of Topliss-reactive ketones (excluding diaryl/α,β-unsaturated/α-hetero) is 1. The third-order valence-electron chi connectivity index (χ3n) is 5.37. The standard InChI is InChI=1S/C17H17NO3/c1-21-15(20)17-7-6-16(9-17,10-17)14(19)12-8-18-13-5-3-2-4-11(12)13/h2-5,8,18H,6-7,9-10H2,1H3. The maximum atomic E-state index is 13.0. The zero-order valence-corrected chi connectivity index (χ0v) is 11.9. The number of ketones is 1. The molecule has 3 aliphatic rings. The molecule has 0 amide bonds. The lowest BCUT2D eigenvalue weighted by Crippen LogP contribution is -2.47. The first-order valence-corrected chi connectivity index (χ1v) is 7.30. The van der Waals surface area contributed by atoms with Crippen LogP contribution in [0.25, 0.3) is 10.9 Å². The number of carbonyl (C=O) groups excluding carboxylic acids is 2. The molecular formula is C17H17NO3. The summed E-state index contributed by atoms with van der Waals surface area (Å²) in [5.41, 5.74) is 0.995. The van der Waals surface area contributed by atoms with Crippen LogP contribution in [0.5, 0.6) is 0 Å². The van der Waals surface area contributed by atoms with Crippen LogP contribution in [0.15, 0.2) is 30.5 Å². The van der Waals surface area contributed by atoms with Gasteiger partial charge in [0.25, 0.3) is 0 Å². The van der Waals surface area contributed by atoms with Gasteiger partial charge in [-0.2, -0.15) is 0 Å². The molecule has 0 unspecified atom stereocenters. The number of rotatable bonds is 3. The van der Waals surface area contributed by atoms with Crippen LogP contribution in [0.2, 0.25) is 0 Å². The number of benzene rings is 1. The van der Waals surface area contributed by atoms with Gasteiger partial charge in [0.15, 0.2) is 5.78 Å². The summed E-state index contributed by atoms with van der Waals surface area (Å²) in [6.07, 6.45) is 4.66. The second kappa shape index (κ2) is 3.97. The Balaban J connectivity index is 1.67. The van der Waals surface area contributed by atoms with Crippen molar-refractivity contribution in [3.8, 4) is 0 Å². The molecule has 1 aromatic carbocycles. The van der Waals surface area contributed by atoms with Crippen molar-refractivity contribution in [3.63, 3.8) is 0 Å². The summed E-state index contributed by atoms with van der Waals surface area (Å²) >= 11 is 0. The predicted octanol–water partition coefficient (Wildman–Crippen LogP) is 3.08. The first-order valence-electron chi connectivity index (χ1n) is 7.30. The molecule has 1 aromatic heterocycles. The summed E-state index contributed by atoms with van der Waals surface area (Å²) in [5, 5.41) is 0.972. The van der Waals surface area contributed by atoms with Gasteiger partial charge in [-0.3, -0.25) is 9.59 Å². The quantitative estimate of drug-likeness (QED) is 0.695. The Morgan fingerprint density at radius 2 is 1.86 bits per heavy atom. The molecule has 0 aliphatic heterocycles. The minimum absolute atomic E-state index is 0.151. The normalized spacial score (nSPS) is 30.1. The number of esters is 1. The molecule has 0 radical (unpaired) electrons. The van der Waals surface area contributed by atoms with Crippen molar-refractivity contribution in [2.45, 2.75) is 25.7 Å². The molecule has 3 saturated carbocycles. The van der Waals surface area contributed by atoms with Crippen LogP contribution >= 0.6 is 0 Å². The second-order valence-corrected chi connectivity index (χ2v) is 6.48. The summed E-state index contributed by atoms with van der Waals surface area (Å²) in [6.45, 7) is 0. The van der Waals surface area contributed by atoms with Crippen molar-refractivity contribution in [1.29, 1.82) is 0 Å². The van der Waals surface area contributed by atoms with Crippen LogP contribution in [-0.4, -0.2) is 23.8 Å². The minimum atomic E-state index is -0.392. The fourth-order valence-electron chi connectivity index (χ4n) is 4.36. The van der Waals surface area contributed by atoms with E-state index < -0.39 is 5.41 Å². The van der Waals surface area contributed by atoms with E-state index in [9.17, 15) is 9.59 Å². The lowest BCUT2D eigenvalue weighted by Gasteiger charge is -2.44. The highest BCUT2D eigenvalue weighted by molar-refractivity contribution is 6.12. The topological polar surface area (TPSA) is 59.2 Å². The Morgan fingerprint density at radius 1 is 1.14 bits per heavy atom. The highest BCUT2D eigenvalue weighted by Gasteiger charge is 2.68. The van der Waals surface area contributed by atoms with Crippen LogP contribution in [0.3, 0.4) is 0 Å². The van der Waals surface area contributed by atoms with E-state index in [0.29, 0.717) is 12.8 Å². The molecule has 0 spiro atoms. The van der Waals surface area contributed by atoms with E-state index in [0.717, 1.165) is 29.3 Å². The third-order valence-corrected chi connectivity index (χ3v) is 5.37. The predicted molar refractivity (Wildman–Crippen MR) is 78.0 cm³/mol. The first-order chi connectivity index (χ1) is 10.1. The van der Waals surface area contributed by atoms with Crippen molar-refractivity contribution >= 4 is 22.7 Å². The van der Waals surface area contributed by atoms with E-state index >= 15 is 0 Å². The van der Waals surface area contributed by atoms with Crippen molar-refractivity contribution in [2.24, 2.45) is 10.8 Å². The van der Waals surface area contributed by atoms with Gasteiger partial charge < -0.3 is 9.72 Å². The molecule has 4 nitrogen and oxygen atoms in total. The first kappa shape index (κ1) is 12.6. The molecule has 1 heterocycles. The summed E-state index contributed by atoms with van der Waals surface area (Å²) < 4.78 is 4.90. The number of para-hydroxylation sites is 1. The number of hydrogen-bond donors (Lipinski definition) is 1. The molecule has 108 valence electrons. The number of hydrogen-bond acceptors (Lipinski definition) is 3. The zero-order chi connectivity index (χ0) is 14.7. The maximum absolute atomic E-state index is 13.0. The van der Waals surface area contributed by atoms with E-state index in [1.807, 2.05) is 24.3 Å². The Hall–Kier alpha value is -2.10. The smallest absolute Gasteiger partial charge is 0.311 e. The van der Waals surface area contributed by atoms with Gasteiger partial charge in [-0.15, -0.1) is 0 Å². The molecule has 2 aromatic rings. The van der Waals surface area contributed by atoms with Gasteiger partial charge in [0, 0.05) is 28.1 Å². The molecule has 0 atom stereocenters. The maximum Gasteiger partial charge on any atom is 0.311 e. The van der Waals surface area contributed by atoms with E-state index in [-0.39, 0.29) is 17.2 Å². The van der Waals surface area contributed by atoms with Crippen molar-refractivity contribution in [1.82, 2.24) is 4.98 Å². The summed E-state index contributed by atoms with van der Waals surface area (Å²) in [5.74, 6) is 0.0272. The Morgan fingerprint density at radius 3 is 2.62 bits per heavy atom. The third kappa shape index (κ3) is 1.50. The van der Waals surface area contributed by atoms with E-state index in [1.54, 1.807) is 6.20 Å². The van der Waals surface area contributed by atoms with Crippen LogP contribution in [-0.2, 0) is 9.53 Å². The minimum Gasteiger partial charge on any atom is -0.469 e. The number of methoxy groups -OCH3 is 1. The number of ether oxygens (including phenoxy) is 1. The second-order valence-electron chi connectivity index (χ2n) is 6.48. The average Bonchev–Trinajstić information content (AvgIpc) is 3.16. The van der Waals surface area contributed by atoms with Crippen molar-refractivity contribution in [3.05, 3.63) is 36.0 Å². The molecule has 1 N–H and O–H groups in total. The van der Waals surface area contributed by atoms with Crippen LogP contribution in [0.1, 0.15) is 36.0 Å². The molecular weight excluding hydrogens is 266 g/mol. The number of nitrogens with one attached hydrogen (secondary N) is 1. The zero-order valence-electron chi connectivity index (χ0n) is 11.9. The van der Waals surface area contributed by atoms with Gasteiger partial charge in [0.05, 0.1) is 12.5 Å². The monoisotopic (exact) mass is 283 g/mol. The van der Waals surface area contributed by atoms with Crippen molar-refractivity contribution in [2.75, 3.05) is 7.11 Å². The molecule has 2 bridgehead atoms. The largest absolute Gasteiger partial charge is 0.469 e. The summed E-state index contributed by atoms with van der Waals surface area (Å²) in [4.78, 5) is 28.0. The summed E-state index contributed by atoms with van der Waals surface area (Å²) in [6, 6.07) is 7.83. The fraction of sp³-hybridized carbons (Fsp3) is 0.412. The molecule has 0 saturated heterocycles. The Kier molecular flexibility index (Phi) is 2.39. The number of carbonyl (C=O) groups is 2. The lowest BCUT2D eigenvalue weighted by molar-refractivity contribution is -0.159. The Labute approximate surface area is 122 Å². The number of H-pyrrole nitrogens is 1. The van der Waals surface area contributed by atoms with Crippen molar-refractivity contribution < 1.29 is 14.3 Å². The number of fused-ring (bicyclic) bond motifs is 2. The average molecular weight is 283 g/mol. The van der Waals surface area contributed by atoms with E-state index in [1.165, 1.54) is 7.11 Å². The summed E-state index contributed by atoms with van der Waals surface area (Å²) in [7, 11) is 1.43. The van der Waals surface area contributed by atoms with E-state index in [4.69, 9.17) is 4.74 Å². The van der Waals surface area contributed by atoms with Gasteiger partial charge in [-0.1, -0.05) is 18.2 Å². The van der Waals surface area contributed by atoms with Crippen LogP contribution in [0.4, 0.5) is 0 Å². The van der Waals surface area contributed by atoms with E-state index in [2.05, 4.69) is 4.98 Å². The molecule has 5 rings (SSSR count). The molecule has 21 heavy (non-hydrogen) atoms.